The van der Waals surface area contributed by atoms with Gasteiger partial charge in [0, 0.05) is 6.54 Å². The maximum absolute atomic E-state index is 13.5. The van der Waals surface area contributed by atoms with Crippen molar-refractivity contribution in [3.63, 3.8) is 0 Å². The average molecular weight is 319 g/mol. The van der Waals surface area contributed by atoms with Crippen LogP contribution in [0.15, 0.2) is 23.1 Å². The number of aliphatic carboxylic acids is 1. The first-order valence-corrected chi connectivity index (χ1v) is 7.89. The van der Waals surface area contributed by atoms with Crippen molar-refractivity contribution >= 4 is 16.0 Å². The van der Waals surface area contributed by atoms with Gasteiger partial charge in [0.1, 0.15) is 16.5 Å². The number of hydrogen-bond acceptors (Lipinski definition) is 3. The predicted octanol–water partition coefficient (Wildman–Crippen LogP) is 1.89. The number of carbonyl (C=O) groups is 1. The molecule has 1 fully saturated rings. The molecule has 0 atom stereocenters. The van der Waals surface area contributed by atoms with E-state index < -0.39 is 37.9 Å². The molecule has 0 saturated heterocycles. The molecule has 1 saturated carbocycles. The average Bonchev–Trinajstić information content (AvgIpc) is 2.35. The lowest BCUT2D eigenvalue weighted by molar-refractivity contribution is -0.141. The lowest BCUT2D eigenvalue weighted by Crippen LogP contribution is -2.43. The number of carboxylic acid groups (broad SMARTS) is 1. The fraction of sp³-hybridized carbons (Fsp3) is 0.462. The molecule has 1 aromatic carbocycles. The van der Waals surface area contributed by atoms with Crippen LogP contribution in [0.1, 0.15) is 25.7 Å². The third-order valence-electron chi connectivity index (χ3n) is 3.76. The molecule has 2 rings (SSSR count). The van der Waals surface area contributed by atoms with Crippen molar-refractivity contribution in [1.82, 2.24) is 4.72 Å². The van der Waals surface area contributed by atoms with E-state index >= 15 is 0 Å². The van der Waals surface area contributed by atoms with Gasteiger partial charge in [-0.3, -0.25) is 4.79 Å². The monoisotopic (exact) mass is 319 g/mol. The number of hydrogen-bond donors (Lipinski definition) is 2. The van der Waals surface area contributed by atoms with Gasteiger partial charge in [-0.1, -0.05) is 6.42 Å². The summed E-state index contributed by atoms with van der Waals surface area (Å²) in [7, 11) is -4.22. The molecule has 116 valence electrons. The lowest BCUT2D eigenvalue weighted by atomic mass is 9.67. The minimum Gasteiger partial charge on any atom is -0.481 e. The first-order chi connectivity index (χ1) is 9.74. The van der Waals surface area contributed by atoms with E-state index in [1.807, 2.05) is 0 Å². The molecular weight excluding hydrogens is 304 g/mol. The van der Waals surface area contributed by atoms with Crippen molar-refractivity contribution in [2.75, 3.05) is 6.54 Å². The molecule has 8 heteroatoms. The Kier molecular flexibility index (Phi) is 4.29. The summed E-state index contributed by atoms with van der Waals surface area (Å²) in [5, 5.41) is 8.85. The molecule has 1 aliphatic rings. The van der Waals surface area contributed by atoms with Gasteiger partial charge in [-0.2, -0.15) is 0 Å². The summed E-state index contributed by atoms with van der Waals surface area (Å²) in [6.45, 7) is -0.0996. The van der Waals surface area contributed by atoms with Crippen LogP contribution in [0.3, 0.4) is 0 Å². The normalized spacial score (nSPS) is 17.2. The van der Waals surface area contributed by atoms with Gasteiger partial charge in [0.2, 0.25) is 10.0 Å². The van der Waals surface area contributed by atoms with Gasteiger partial charge in [0.25, 0.3) is 0 Å². The molecule has 0 unspecified atom stereocenters. The van der Waals surface area contributed by atoms with Gasteiger partial charge in [-0.15, -0.1) is 0 Å². The van der Waals surface area contributed by atoms with Gasteiger partial charge in [-0.05, 0) is 36.5 Å². The maximum Gasteiger partial charge on any atom is 0.303 e. The van der Waals surface area contributed by atoms with E-state index in [-0.39, 0.29) is 13.0 Å². The molecule has 1 aliphatic carbocycles. The Bertz CT molecular complexity index is 656. The van der Waals surface area contributed by atoms with E-state index in [4.69, 9.17) is 5.11 Å². The molecule has 5 nitrogen and oxygen atoms in total. The van der Waals surface area contributed by atoms with Gasteiger partial charge in [0.05, 0.1) is 6.42 Å². The highest BCUT2D eigenvalue weighted by Crippen LogP contribution is 2.43. The summed E-state index contributed by atoms with van der Waals surface area (Å²) in [5.74, 6) is -2.92. The van der Waals surface area contributed by atoms with E-state index in [1.54, 1.807) is 0 Å². The van der Waals surface area contributed by atoms with E-state index in [9.17, 15) is 22.0 Å². The summed E-state index contributed by atoms with van der Waals surface area (Å²) in [6, 6.07) is 2.16. The van der Waals surface area contributed by atoms with Crippen LogP contribution in [0.4, 0.5) is 8.78 Å². The minimum absolute atomic E-state index is 0.0996. The van der Waals surface area contributed by atoms with Gasteiger partial charge in [0.15, 0.2) is 0 Å². The van der Waals surface area contributed by atoms with Crippen molar-refractivity contribution in [1.29, 1.82) is 0 Å². The van der Waals surface area contributed by atoms with Crippen LogP contribution in [0.5, 0.6) is 0 Å². The Morgan fingerprint density at radius 2 is 2.00 bits per heavy atom. The number of rotatable bonds is 6. The molecule has 0 amide bonds. The molecule has 0 spiro atoms. The van der Waals surface area contributed by atoms with E-state index in [0.29, 0.717) is 18.9 Å². The summed E-state index contributed by atoms with van der Waals surface area (Å²) < 4.78 is 52.8. The van der Waals surface area contributed by atoms with Gasteiger partial charge < -0.3 is 5.11 Å². The van der Waals surface area contributed by atoms with Crippen molar-refractivity contribution in [3.8, 4) is 0 Å². The largest absolute Gasteiger partial charge is 0.481 e. The van der Waals surface area contributed by atoms with Gasteiger partial charge >= 0.3 is 5.97 Å². The zero-order chi connectivity index (χ0) is 15.7. The zero-order valence-electron chi connectivity index (χ0n) is 11.1. The second kappa shape index (κ2) is 5.69. The second-order valence-electron chi connectivity index (χ2n) is 5.32. The second-order valence-corrected chi connectivity index (χ2v) is 7.06. The Balaban J connectivity index is 2.14. The summed E-state index contributed by atoms with van der Waals surface area (Å²) in [6.07, 6.45) is 1.85. The summed E-state index contributed by atoms with van der Waals surface area (Å²) in [4.78, 5) is 10.0. The quantitative estimate of drug-likeness (QED) is 0.839. The fourth-order valence-electron chi connectivity index (χ4n) is 2.42. The molecule has 21 heavy (non-hydrogen) atoms. The van der Waals surface area contributed by atoms with Crippen LogP contribution < -0.4 is 4.72 Å². The number of sulfonamides is 1. The van der Waals surface area contributed by atoms with Crippen LogP contribution in [0, 0.1) is 17.0 Å². The highest BCUT2D eigenvalue weighted by molar-refractivity contribution is 7.89. The topological polar surface area (TPSA) is 83.5 Å². The zero-order valence-corrected chi connectivity index (χ0v) is 11.9. The van der Waals surface area contributed by atoms with Crippen LogP contribution >= 0.6 is 0 Å². The van der Waals surface area contributed by atoms with E-state index in [2.05, 4.69) is 4.72 Å². The third-order valence-corrected chi connectivity index (χ3v) is 5.18. The standard InChI is InChI=1S/C13H15F2NO4S/c14-9-2-3-10(15)11(6-9)21(19,20)16-8-13(4-1-5-13)7-12(17)18/h2-3,6,16H,1,4-5,7-8H2,(H,17,18). The molecule has 2 N–H and O–H groups in total. The van der Waals surface area contributed by atoms with Crippen molar-refractivity contribution in [2.24, 2.45) is 5.41 Å². The predicted molar refractivity (Wildman–Crippen MR) is 70.1 cm³/mol. The van der Waals surface area contributed by atoms with Crippen LogP contribution in [0.25, 0.3) is 0 Å². The Labute approximate surface area is 121 Å². The Hall–Kier alpha value is -1.54. The Morgan fingerprint density at radius 3 is 2.52 bits per heavy atom. The summed E-state index contributed by atoms with van der Waals surface area (Å²) >= 11 is 0. The lowest BCUT2D eigenvalue weighted by Gasteiger charge is -2.40. The minimum atomic E-state index is -4.22. The number of carboxylic acids is 1. The Morgan fingerprint density at radius 1 is 1.33 bits per heavy atom. The highest BCUT2D eigenvalue weighted by atomic mass is 32.2. The SMILES string of the molecule is O=C(O)CC1(CNS(=O)(=O)c2cc(F)ccc2F)CCC1. The molecule has 0 heterocycles. The molecule has 0 aromatic heterocycles. The van der Waals surface area contributed by atoms with Crippen LogP contribution in [0.2, 0.25) is 0 Å². The maximum atomic E-state index is 13.5. The molecule has 0 bridgehead atoms. The molecule has 0 aliphatic heterocycles. The van der Waals surface area contributed by atoms with Crippen LogP contribution in [-0.4, -0.2) is 26.0 Å². The number of halogens is 2. The first kappa shape index (κ1) is 15.8. The van der Waals surface area contributed by atoms with Crippen molar-refractivity contribution in [2.45, 2.75) is 30.6 Å². The number of nitrogens with one attached hydrogen (secondary N) is 1. The van der Waals surface area contributed by atoms with E-state index in [1.165, 1.54) is 0 Å². The van der Waals surface area contributed by atoms with Gasteiger partial charge in [-0.25, -0.2) is 21.9 Å². The molecule has 0 radical (unpaired) electrons. The fourth-order valence-corrected chi connectivity index (χ4v) is 3.67. The third kappa shape index (κ3) is 3.56. The summed E-state index contributed by atoms with van der Waals surface area (Å²) in [5.41, 5.74) is -0.636. The van der Waals surface area contributed by atoms with E-state index in [0.717, 1.165) is 18.6 Å². The molecule has 1 aromatic rings. The highest BCUT2D eigenvalue weighted by Gasteiger charge is 2.40. The smallest absolute Gasteiger partial charge is 0.303 e. The molecular formula is C13H15F2NO4S. The van der Waals surface area contributed by atoms with Crippen molar-refractivity contribution < 1.29 is 27.1 Å². The number of benzene rings is 1. The first-order valence-electron chi connectivity index (χ1n) is 6.41. The van der Waals surface area contributed by atoms with Crippen molar-refractivity contribution in [3.05, 3.63) is 29.8 Å². The van der Waals surface area contributed by atoms with Crippen LogP contribution in [-0.2, 0) is 14.8 Å².